The minimum absolute atomic E-state index is 0.0706. The second kappa shape index (κ2) is 10.4. The summed E-state index contributed by atoms with van der Waals surface area (Å²) in [6, 6.07) is 21.0. The van der Waals surface area contributed by atoms with E-state index in [2.05, 4.69) is 4.98 Å². The number of nitrogens with zero attached hydrogens (tertiary/aromatic N) is 2. The summed E-state index contributed by atoms with van der Waals surface area (Å²) in [6.07, 6.45) is 0. The van der Waals surface area contributed by atoms with Gasteiger partial charge in [-0.2, -0.15) is 0 Å². The number of ketones is 1. The van der Waals surface area contributed by atoms with E-state index in [9.17, 15) is 14.4 Å². The van der Waals surface area contributed by atoms with Gasteiger partial charge in [-0.15, -0.1) is 0 Å². The van der Waals surface area contributed by atoms with Gasteiger partial charge in [0.05, 0.1) is 41.4 Å². The monoisotopic (exact) mass is 474 g/mol. The summed E-state index contributed by atoms with van der Waals surface area (Å²) in [4.78, 5) is 41.9. The number of thioether (sulfide) groups is 1. The average Bonchev–Trinajstić information content (AvgIpc) is 2.86. The normalized spacial score (nSPS) is 10.8. The number of rotatable bonds is 8. The van der Waals surface area contributed by atoms with Crippen LogP contribution in [0.3, 0.4) is 0 Å². The van der Waals surface area contributed by atoms with E-state index in [1.165, 1.54) is 25.8 Å². The van der Waals surface area contributed by atoms with Gasteiger partial charge >= 0.3 is 5.97 Å². The standard InChI is InChI=1S/C26H22N2O5S/c1-17(29)20-10-6-7-11-23(20)33-14-15-34-26-27-22-16-18(25(31)32-2)12-13-21(22)24(30)28(26)19-8-4-3-5-9-19/h3-13,16H,14-15H2,1-2H3. The number of Topliss-reactive ketones (excluding diaryl/α,β-unsaturated/α-hetero) is 1. The molecule has 0 radical (unpaired) electrons. The van der Waals surface area contributed by atoms with Crippen molar-refractivity contribution in [1.29, 1.82) is 0 Å². The first kappa shape index (κ1) is 23.3. The van der Waals surface area contributed by atoms with Gasteiger partial charge in [0.15, 0.2) is 10.9 Å². The van der Waals surface area contributed by atoms with E-state index in [0.717, 1.165) is 0 Å². The molecule has 172 valence electrons. The summed E-state index contributed by atoms with van der Waals surface area (Å²) in [5, 5.41) is 0.863. The Morgan fingerprint density at radius 3 is 2.47 bits per heavy atom. The van der Waals surface area contributed by atoms with Crippen molar-refractivity contribution in [2.24, 2.45) is 0 Å². The highest BCUT2D eigenvalue weighted by Gasteiger charge is 2.16. The van der Waals surface area contributed by atoms with E-state index in [4.69, 9.17) is 9.47 Å². The Labute approximate surface area is 200 Å². The molecule has 0 unspecified atom stereocenters. The van der Waals surface area contributed by atoms with Gasteiger partial charge in [-0.05, 0) is 49.4 Å². The van der Waals surface area contributed by atoms with Crippen LogP contribution in [0.2, 0.25) is 0 Å². The molecule has 0 aliphatic heterocycles. The van der Waals surface area contributed by atoms with Crippen molar-refractivity contribution >= 4 is 34.4 Å². The van der Waals surface area contributed by atoms with Gasteiger partial charge in [0, 0.05) is 5.75 Å². The van der Waals surface area contributed by atoms with Crippen molar-refractivity contribution in [3.05, 3.63) is 94.3 Å². The van der Waals surface area contributed by atoms with Gasteiger partial charge in [-0.3, -0.25) is 14.2 Å². The fraction of sp³-hybridized carbons (Fsp3) is 0.154. The van der Waals surface area contributed by atoms with Crippen LogP contribution in [0.5, 0.6) is 5.75 Å². The highest BCUT2D eigenvalue weighted by atomic mass is 32.2. The van der Waals surface area contributed by atoms with E-state index in [1.807, 2.05) is 36.4 Å². The molecule has 0 atom stereocenters. The number of hydrogen-bond donors (Lipinski definition) is 0. The first-order valence-electron chi connectivity index (χ1n) is 10.6. The van der Waals surface area contributed by atoms with Gasteiger partial charge in [-0.25, -0.2) is 9.78 Å². The lowest BCUT2D eigenvalue weighted by Crippen LogP contribution is -2.22. The summed E-state index contributed by atoms with van der Waals surface area (Å²) < 4.78 is 12.2. The Morgan fingerprint density at radius 2 is 1.74 bits per heavy atom. The Morgan fingerprint density at radius 1 is 1.00 bits per heavy atom. The molecule has 0 saturated heterocycles. The first-order chi connectivity index (χ1) is 16.5. The van der Waals surface area contributed by atoms with Crippen LogP contribution in [-0.2, 0) is 4.74 Å². The summed E-state index contributed by atoms with van der Waals surface area (Å²) in [5.41, 5.74) is 1.69. The number of carbonyl (C=O) groups is 2. The Kier molecular flexibility index (Phi) is 7.08. The molecule has 1 heterocycles. The number of ether oxygens (including phenoxy) is 2. The highest BCUT2D eigenvalue weighted by molar-refractivity contribution is 7.99. The number of hydrogen-bond acceptors (Lipinski definition) is 7. The second-order valence-corrected chi connectivity index (χ2v) is 8.41. The number of methoxy groups -OCH3 is 1. The topological polar surface area (TPSA) is 87.5 Å². The lowest BCUT2D eigenvalue weighted by molar-refractivity contribution is 0.0600. The quantitative estimate of drug-likeness (QED) is 0.122. The zero-order valence-corrected chi connectivity index (χ0v) is 19.5. The average molecular weight is 475 g/mol. The third-order valence-corrected chi connectivity index (χ3v) is 6.02. The zero-order chi connectivity index (χ0) is 24.1. The molecule has 1 aromatic heterocycles. The zero-order valence-electron chi connectivity index (χ0n) is 18.7. The lowest BCUT2D eigenvalue weighted by atomic mass is 10.1. The van der Waals surface area contributed by atoms with E-state index in [-0.39, 0.29) is 11.3 Å². The van der Waals surface area contributed by atoms with Crippen molar-refractivity contribution < 1.29 is 19.1 Å². The number of esters is 1. The number of carbonyl (C=O) groups excluding carboxylic acids is 2. The Balaban J connectivity index is 1.66. The van der Waals surface area contributed by atoms with Crippen molar-refractivity contribution in [1.82, 2.24) is 9.55 Å². The van der Waals surface area contributed by atoms with E-state index in [0.29, 0.717) is 51.0 Å². The summed E-state index contributed by atoms with van der Waals surface area (Å²) in [6.45, 7) is 1.80. The molecule has 0 bridgehead atoms. The van der Waals surface area contributed by atoms with E-state index < -0.39 is 5.97 Å². The number of fused-ring (bicyclic) bond motifs is 1. The smallest absolute Gasteiger partial charge is 0.337 e. The number of benzene rings is 3. The fourth-order valence-electron chi connectivity index (χ4n) is 3.48. The van der Waals surface area contributed by atoms with Crippen LogP contribution in [0.25, 0.3) is 16.6 Å². The molecule has 0 N–H and O–H groups in total. The van der Waals surface area contributed by atoms with Crippen LogP contribution < -0.4 is 10.3 Å². The molecule has 34 heavy (non-hydrogen) atoms. The Hall–Kier alpha value is -3.91. The third kappa shape index (κ3) is 4.87. The molecule has 0 aliphatic carbocycles. The van der Waals surface area contributed by atoms with Crippen LogP contribution in [-0.4, -0.2) is 40.8 Å². The molecule has 0 spiro atoms. The fourth-order valence-corrected chi connectivity index (χ4v) is 4.31. The van der Waals surface area contributed by atoms with Crippen LogP contribution in [0.1, 0.15) is 27.6 Å². The van der Waals surface area contributed by atoms with E-state index in [1.54, 1.807) is 41.0 Å². The molecule has 4 aromatic rings. The highest BCUT2D eigenvalue weighted by Crippen LogP contribution is 2.23. The molecule has 0 saturated carbocycles. The van der Waals surface area contributed by atoms with Crippen LogP contribution in [0, 0.1) is 0 Å². The largest absolute Gasteiger partial charge is 0.492 e. The molecule has 4 rings (SSSR count). The molecular weight excluding hydrogens is 452 g/mol. The summed E-state index contributed by atoms with van der Waals surface area (Å²) in [7, 11) is 1.30. The molecule has 7 nitrogen and oxygen atoms in total. The number of aromatic nitrogens is 2. The van der Waals surface area contributed by atoms with Gasteiger partial charge in [0.2, 0.25) is 0 Å². The maximum absolute atomic E-state index is 13.4. The Bertz CT molecular complexity index is 1420. The van der Waals surface area contributed by atoms with Crippen molar-refractivity contribution in [2.45, 2.75) is 12.1 Å². The van der Waals surface area contributed by atoms with Crippen LogP contribution in [0.15, 0.2) is 82.7 Å². The SMILES string of the molecule is COC(=O)c1ccc2c(=O)n(-c3ccccc3)c(SCCOc3ccccc3C(C)=O)nc2c1. The van der Waals surface area contributed by atoms with Crippen LogP contribution >= 0.6 is 11.8 Å². The van der Waals surface area contributed by atoms with Crippen molar-refractivity contribution in [2.75, 3.05) is 19.5 Å². The molecule has 0 fully saturated rings. The summed E-state index contributed by atoms with van der Waals surface area (Å²) >= 11 is 1.35. The molecule has 3 aromatic carbocycles. The minimum Gasteiger partial charge on any atom is -0.492 e. The molecule has 0 aliphatic rings. The predicted molar refractivity (Wildman–Crippen MR) is 131 cm³/mol. The lowest BCUT2D eigenvalue weighted by Gasteiger charge is -2.14. The van der Waals surface area contributed by atoms with E-state index >= 15 is 0 Å². The van der Waals surface area contributed by atoms with Gasteiger partial charge in [-0.1, -0.05) is 42.1 Å². The first-order valence-corrected chi connectivity index (χ1v) is 11.5. The molecule has 8 heteroatoms. The van der Waals surface area contributed by atoms with Crippen molar-refractivity contribution in [3.63, 3.8) is 0 Å². The summed E-state index contributed by atoms with van der Waals surface area (Å²) in [5.74, 6) is 0.431. The maximum Gasteiger partial charge on any atom is 0.337 e. The number of para-hydroxylation sites is 2. The molecular formula is C26H22N2O5S. The second-order valence-electron chi connectivity index (χ2n) is 7.34. The molecule has 0 amide bonds. The van der Waals surface area contributed by atoms with Crippen molar-refractivity contribution in [3.8, 4) is 11.4 Å². The van der Waals surface area contributed by atoms with Crippen LogP contribution in [0.4, 0.5) is 0 Å². The van der Waals surface area contributed by atoms with Gasteiger partial charge in [0.1, 0.15) is 5.75 Å². The third-order valence-electron chi connectivity index (χ3n) is 5.11. The van der Waals surface area contributed by atoms with Gasteiger partial charge in [0.25, 0.3) is 5.56 Å². The predicted octanol–water partition coefficient (Wildman–Crippen LogP) is 4.55. The maximum atomic E-state index is 13.4. The minimum atomic E-state index is -0.498. The van der Waals surface area contributed by atoms with Gasteiger partial charge < -0.3 is 9.47 Å².